The lowest BCUT2D eigenvalue weighted by Crippen LogP contribution is -2.01. The van der Waals surface area contributed by atoms with Crippen LogP contribution in [0.15, 0.2) is 36.5 Å². The lowest BCUT2D eigenvalue weighted by molar-refractivity contribution is -0.137. The first-order valence-electron chi connectivity index (χ1n) is 8.04. The molecule has 0 fully saturated rings. The molecule has 0 atom stereocenters. The molecular weight excluding hydrogens is 340 g/mol. The number of benzene rings is 1. The largest absolute Gasteiger partial charge is 0.463 e. The number of ether oxygens (including phenoxy) is 2. The highest BCUT2D eigenvalue weighted by Crippen LogP contribution is 2.33. The van der Waals surface area contributed by atoms with E-state index < -0.39 is 0 Å². The van der Waals surface area contributed by atoms with Crippen LogP contribution in [-0.2, 0) is 9.53 Å². The number of hydrogen-bond donors (Lipinski definition) is 1. The summed E-state index contributed by atoms with van der Waals surface area (Å²) in [6.45, 7) is 4.34. The number of nitrogen functional groups attached to an aromatic ring is 1. The number of aromatic nitrogens is 1. The number of anilines is 1. The van der Waals surface area contributed by atoms with E-state index in [1.54, 1.807) is 24.3 Å². The SMILES string of the molecule is CCCCOC(=O)/C=C/c1cc(C)c(Oc2ccc(N)cn2)c(Cl)c1. The summed E-state index contributed by atoms with van der Waals surface area (Å²) in [5.74, 6) is 0.553. The van der Waals surface area contributed by atoms with Crippen LogP contribution in [0.3, 0.4) is 0 Å². The van der Waals surface area contributed by atoms with Gasteiger partial charge in [-0.1, -0.05) is 24.9 Å². The molecule has 0 saturated heterocycles. The second-order valence-corrected chi connectivity index (χ2v) is 5.94. The van der Waals surface area contributed by atoms with Crippen LogP contribution in [0.25, 0.3) is 6.08 Å². The van der Waals surface area contributed by atoms with E-state index in [0.717, 1.165) is 24.0 Å². The lowest BCUT2D eigenvalue weighted by Gasteiger charge is -2.11. The molecule has 0 aliphatic heterocycles. The Morgan fingerprint density at radius 1 is 1.36 bits per heavy atom. The summed E-state index contributed by atoms with van der Waals surface area (Å²) in [6.07, 6.45) is 6.41. The molecule has 2 N–H and O–H groups in total. The zero-order chi connectivity index (χ0) is 18.2. The summed E-state index contributed by atoms with van der Waals surface area (Å²) < 4.78 is 10.8. The molecule has 2 aromatic rings. The fourth-order valence-electron chi connectivity index (χ4n) is 2.07. The predicted molar refractivity (Wildman–Crippen MR) is 99.8 cm³/mol. The third kappa shape index (κ3) is 5.80. The van der Waals surface area contributed by atoms with Crippen molar-refractivity contribution in [3.8, 4) is 11.6 Å². The van der Waals surface area contributed by atoms with E-state index in [1.165, 1.54) is 12.3 Å². The fraction of sp³-hybridized carbons (Fsp3) is 0.263. The van der Waals surface area contributed by atoms with Gasteiger partial charge in [0, 0.05) is 12.1 Å². The molecule has 1 heterocycles. The molecule has 132 valence electrons. The summed E-state index contributed by atoms with van der Waals surface area (Å²) in [5, 5.41) is 0.428. The van der Waals surface area contributed by atoms with Crippen LogP contribution in [-0.4, -0.2) is 17.6 Å². The summed E-state index contributed by atoms with van der Waals surface area (Å²) in [5.41, 5.74) is 7.77. The van der Waals surface area contributed by atoms with Crippen molar-refractivity contribution >= 4 is 29.3 Å². The maximum absolute atomic E-state index is 11.6. The van der Waals surface area contributed by atoms with E-state index in [1.807, 2.05) is 19.9 Å². The minimum Gasteiger partial charge on any atom is -0.463 e. The standard InChI is InChI=1S/C19H21ClN2O3/c1-3-4-9-24-18(23)8-5-14-10-13(2)19(16(20)11-14)25-17-7-6-15(21)12-22-17/h5-8,10-12H,3-4,9,21H2,1-2H3/b8-5+. The van der Waals surface area contributed by atoms with Gasteiger partial charge in [-0.2, -0.15) is 0 Å². The van der Waals surface area contributed by atoms with Gasteiger partial charge in [-0.3, -0.25) is 0 Å². The third-order valence-electron chi connectivity index (χ3n) is 3.37. The number of carbonyl (C=O) groups excluding carboxylic acids is 1. The Kier molecular flexibility index (Phi) is 6.83. The first-order chi connectivity index (χ1) is 12.0. The smallest absolute Gasteiger partial charge is 0.330 e. The van der Waals surface area contributed by atoms with Gasteiger partial charge < -0.3 is 15.2 Å². The van der Waals surface area contributed by atoms with Crippen molar-refractivity contribution in [1.29, 1.82) is 0 Å². The van der Waals surface area contributed by atoms with Crippen molar-refractivity contribution < 1.29 is 14.3 Å². The van der Waals surface area contributed by atoms with Crippen molar-refractivity contribution in [1.82, 2.24) is 4.98 Å². The quantitative estimate of drug-likeness (QED) is 0.437. The van der Waals surface area contributed by atoms with Gasteiger partial charge in [0.1, 0.15) is 0 Å². The molecule has 0 spiro atoms. The molecule has 25 heavy (non-hydrogen) atoms. The van der Waals surface area contributed by atoms with E-state index in [9.17, 15) is 4.79 Å². The van der Waals surface area contributed by atoms with Crippen molar-refractivity contribution in [3.05, 3.63) is 52.7 Å². The minimum atomic E-state index is -0.367. The number of hydrogen-bond acceptors (Lipinski definition) is 5. The molecule has 6 heteroatoms. The van der Waals surface area contributed by atoms with Gasteiger partial charge in [0.25, 0.3) is 0 Å². The number of unbranched alkanes of at least 4 members (excludes halogenated alkanes) is 1. The number of carbonyl (C=O) groups is 1. The van der Waals surface area contributed by atoms with Gasteiger partial charge in [-0.05, 0) is 48.7 Å². The average molecular weight is 361 g/mol. The zero-order valence-corrected chi connectivity index (χ0v) is 15.0. The summed E-state index contributed by atoms with van der Waals surface area (Å²) in [7, 11) is 0. The van der Waals surface area contributed by atoms with Crippen molar-refractivity contribution in [2.24, 2.45) is 0 Å². The molecule has 1 aromatic carbocycles. The van der Waals surface area contributed by atoms with Gasteiger partial charge in [0.2, 0.25) is 5.88 Å². The Hall–Kier alpha value is -2.53. The molecule has 0 amide bonds. The van der Waals surface area contributed by atoms with Crippen LogP contribution in [0.4, 0.5) is 5.69 Å². The molecule has 1 aromatic heterocycles. The second-order valence-electron chi connectivity index (χ2n) is 5.53. The summed E-state index contributed by atoms with van der Waals surface area (Å²) >= 11 is 6.31. The molecule has 2 rings (SSSR count). The molecule has 0 saturated carbocycles. The van der Waals surface area contributed by atoms with E-state index in [0.29, 0.717) is 28.9 Å². The van der Waals surface area contributed by atoms with E-state index in [-0.39, 0.29) is 5.97 Å². The van der Waals surface area contributed by atoms with E-state index in [2.05, 4.69) is 4.98 Å². The van der Waals surface area contributed by atoms with Gasteiger partial charge in [0.15, 0.2) is 5.75 Å². The lowest BCUT2D eigenvalue weighted by atomic mass is 10.1. The van der Waals surface area contributed by atoms with Gasteiger partial charge >= 0.3 is 5.97 Å². The summed E-state index contributed by atoms with van der Waals surface area (Å²) in [6, 6.07) is 6.96. The second kappa shape index (κ2) is 9.08. The van der Waals surface area contributed by atoms with Crippen LogP contribution in [0.1, 0.15) is 30.9 Å². The number of pyridine rings is 1. The highest BCUT2D eigenvalue weighted by atomic mass is 35.5. The minimum absolute atomic E-state index is 0.367. The maximum atomic E-state index is 11.6. The number of aryl methyl sites for hydroxylation is 1. The molecule has 0 bridgehead atoms. The topological polar surface area (TPSA) is 74.4 Å². The highest BCUT2D eigenvalue weighted by Gasteiger charge is 2.09. The van der Waals surface area contributed by atoms with Gasteiger partial charge in [0.05, 0.1) is 23.5 Å². The van der Waals surface area contributed by atoms with Gasteiger partial charge in [-0.15, -0.1) is 0 Å². The first kappa shape index (κ1) is 18.8. The van der Waals surface area contributed by atoms with Gasteiger partial charge in [-0.25, -0.2) is 9.78 Å². The van der Waals surface area contributed by atoms with Crippen molar-refractivity contribution in [2.75, 3.05) is 12.3 Å². The van der Waals surface area contributed by atoms with E-state index in [4.69, 9.17) is 26.8 Å². The van der Waals surface area contributed by atoms with Crippen molar-refractivity contribution in [3.63, 3.8) is 0 Å². The van der Waals surface area contributed by atoms with Crippen LogP contribution < -0.4 is 10.5 Å². The molecule has 0 aliphatic carbocycles. The monoisotopic (exact) mass is 360 g/mol. The number of nitrogens with two attached hydrogens (primary N) is 1. The predicted octanol–water partition coefficient (Wildman–Crippen LogP) is 4.77. The van der Waals surface area contributed by atoms with Crippen molar-refractivity contribution in [2.45, 2.75) is 26.7 Å². The molecule has 0 radical (unpaired) electrons. The molecule has 0 unspecified atom stereocenters. The number of nitrogens with zero attached hydrogens (tertiary/aromatic N) is 1. The Balaban J connectivity index is 2.08. The third-order valence-corrected chi connectivity index (χ3v) is 3.65. The Morgan fingerprint density at radius 2 is 2.16 bits per heavy atom. The Morgan fingerprint density at radius 3 is 2.80 bits per heavy atom. The molecule has 5 nitrogen and oxygen atoms in total. The van der Waals surface area contributed by atoms with Crippen LogP contribution >= 0.6 is 11.6 Å². The zero-order valence-electron chi connectivity index (χ0n) is 14.3. The van der Waals surface area contributed by atoms with Crippen LogP contribution in [0, 0.1) is 6.92 Å². The maximum Gasteiger partial charge on any atom is 0.330 e. The number of esters is 1. The highest BCUT2D eigenvalue weighted by molar-refractivity contribution is 6.32. The summed E-state index contributed by atoms with van der Waals surface area (Å²) in [4.78, 5) is 15.7. The Bertz CT molecular complexity index is 735. The number of halogens is 1. The average Bonchev–Trinajstić information content (AvgIpc) is 2.58. The van der Waals surface area contributed by atoms with Crippen LogP contribution in [0.2, 0.25) is 5.02 Å². The first-order valence-corrected chi connectivity index (χ1v) is 8.41. The van der Waals surface area contributed by atoms with E-state index >= 15 is 0 Å². The Labute approximate surface area is 152 Å². The van der Waals surface area contributed by atoms with Crippen LogP contribution in [0.5, 0.6) is 11.6 Å². The molecule has 0 aliphatic rings. The fourth-order valence-corrected chi connectivity index (χ4v) is 2.38. The molecular formula is C19H21ClN2O3. The normalized spacial score (nSPS) is 10.8. The number of rotatable bonds is 7.